The molecule has 0 bridgehead atoms. The molecular formula is C28H34Cl2O8. The van der Waals surface area contributed by atoms with Crippen LogP contribution >= 0.6 is 23.2 Å². The molecule has 0 fully saturated rings. The number of hydrogen-bond acceptors (Lipinski definition) is 8. The summed E-state index contributed by atoms with van der Waals surface area (Å²) in [4.78, 5) is 44.6. The summed E-state index contributed by atoms with van der Waals surface area (Å²) in [6.45, 7) is 9.71. The topological polar surface area (TPSA) is 105 Å². The van der Waals surface area contributed by atoms with Gasteiger partial charge in [0.05, 0.1) is 26.4 Å². The van der Waals surface area contributed by atoms with Gasteiger partial charge in [0.15, 0.2) is 0 Å². The maximum Gasteiger partial charge on any atom is 0.345 e. The van der Waals surface area contributed by atoms with Gasteiger partial charge in [0, 0.05) is 10.0 Å². The fourth-order valence-corrected chi connectivity index (χ4v) is 2.67. The molecule has 0 saturated carbocycles. The second-order valence-electron chi connectivity index (χ2n) is 7.13. The van der Waals surface area contributed by atoms with Crippen LogP contribution in [0.1, 0.15) is 45.2 Å². The van der Waals surface area contributed by atoms with Crippen LogP contribution in [0.5, 0.6) is 0 Å². The molecule has 0 unspecified atom stereocenters. The van der Waals surface area contributed by atoms with Crippen molar-refractivity contribution in [3.8, 4) is 0 Å². The van der Waals surface area contributed by atoms with Crippen LogP contribution in [-0.4, -0.2) is 50.3 Å². The average molecular weight is 569 g/mol. The van der Waals surface area contributed by atoms with E-state index < -0.39 is 23.9 Å². The molecule has 0 atom stereocenters. The van der Waals surface area contributed by atoms with E-state index in [1.165, 1.54) is 11.6 Å². The Kier molecular flexibility index (Phi) is 18.8. The molecule has 0 amide bonds. The van der Waals surface area contributed by atoms with Crippen LogP contribution in [0.4, 0.5) is 0 Å². The van der Waals surface area contributed by atoms with Gasteiger partial charge in [-0.3, -0.25) is 9.59 Å². The minimum Gasteiger partial charge on any atom is -0.466 e. The van der Waals surface area contributed by atoms with Crippen molar-refractivity contribution in [2.24, 2.45) is 0 Å². The molecule has 2 rings (SSSR count). The fraction of sp³-hybridized carbons (Fsp3) is 0.357. The van der Waals surface area contributed by atoms with E-state index in [-0.39, 0.29) is 38.4 Å². The zero-order valence-electron chi connectivity index (χ0n) is 22.3. The Morgan fingerprint density at radius 1 is 0.632 bits per heavy atom. The summed E-state index contributed by atoms with van der Waals surface area (Å²) in [6, 6.07) is 14.5. The summed E-state index contributed by atoms with van der Waals surface area (Å²) in [5.41, 5.74) is 1.78. The second-order valence-corrected chi connectivity index (χ2v) is 8.01. The lowest BCUT2D eigenvalue weighted by Crippen LogP contribution is -2.18. The molecule has 0 aliphatic carbocycles. The number of halogens is 2. The zero-order chi connectivity index (χ0) is 28.9. The van der Waals surface area contributed by atoms with Crippen LogP contribution in [-0.2, 0) is 38.1 Å². The average Bonchev–Trinajstić information content (AvgIpc) is 2.86. The minimum atomic E-state index is -0.698. The highest BCUT2D eigenvalue weighted by atomic mass is 35.5. The maximum absolute atomic E-state index is 11.7. The Morgan fingerprint density at radius 3 is 1.34 bits per heavy atom. The minimum absolute atomic E-state index is 0.133. The third-order valence-electron chi connectivity index (χ3n) is 4.08. The molecule has 2 aromatic carbocycles. The van der Waals surface area contributed by atoms with Crippen molar-refractivity contribution in [3.05, 3.63) is 75.3 Å². The van der Waals surface area contributed by atoms with Gasteiger partial charge in [0.2, 0.25) is 0 Å². The molecule has 2 aromatic rings. The molecule has 0 aromatic heterocycles. The van der Waals surface area contributed by atoms with Crippen molar-refractivity contribution in [1.82, 2.24) is 0 Å². The Labute approximate surface area is 233 Å². The van der Waals surface area contributed by atoms with E-state index in [4.69, 9.17) is 32.7 Å². The van der Waals surface area contributed by atoms with Crippen LogP contribution < -0.4 is 0 Å². The van der Waals surface area contributed by atoms with Crippen molar-refractivity contribution in [3.63, 3.8) is 0 Å². The number of carbonyl (C=O) groups is 4. The standard InChI is InChI=1S/C14H15ClO4.C7H7Cl.C7H12O4/c1-3-18-13(16)12(14(17)19-4-2)9-10-5-7-11(15)8-6-10;1-6-2-4-7(8)5-3-6;1-3-10-6(8)5-7(9)11-4-2/h5-9H,3-4H2,1-2H3;2-5H,1H3;3-5H2,1-2H3. The Morgan fingerprint density at radius 2 is 1.00 bits per heavy atom. The fourth-order valence-electron chi connectivity index (χ4n) is 2.42. The van der Waals surface area contributed by atoms with Crippen LogP contribution in [0.3, 0.4) is 0 Å². The number of rotatable bonds is 9. The van der Waals surface area contributed by atoms with Crippen LogP contribution in [0.25, 0.3) is 6.08 Å². The van der Waals surface area contributed by atoms with E-state index in [0.29, 0.717) is 10.6 Å². The van der Waals surface area contributed by atoms with Crippen LogP contribution in [0.2, 0.25) is 10.0 Å². The molecule has 0 heterocycles. The molecule has 208 valence electrons. The second kappa shape index (κ2) is 20.7. The van der Waals surface area contributed by atoms with Gasteiger partial charge in [-0.25, -0.2) is 9.59 Å². The molecule has 38 heavy (non-hydrogen) atoms. The van der Waals surface area contributed by atoms with Gasteiger partial charge in [-0.05, 0) is 70.5 Å². The lowest BCUT2D eigenvalue weighted by Gasteiger charge is -2.06. The predicted molar refractivity (Wildman–Crippen MR) is 147 cm³/mol. The molecule has 0 radical (unpaired) electrons. The first-order valence-corrected chi connectivity index (χ1v) is 12.7. The smallest absolute Gasteiger partial charge is 0.345 e. The summed E-state index contributed by atoms with van der Waals surface area (Å²) in [6.07, 6.45) is 1.13. The number of benzene rings is 2. The van der Waals surface area contributed by atoms with E-state index in [9.17, 15) is 19.2 Å². The quantitative estimate of drug-likeness (QED) is 0.119. The van der Waals surface area contributed by atoms with E-state index in [1.54, 1.807) is 52.0 Å². The SMILES string of the molecule is CCOC(=O)C(=Cc1ccc(Cl)cc1)C(=O)OCC.CCOC(=O)CC(=O)OCC.Cc1ccc(Cl)cc1. The van der Waals surface area contributed by atoms with Crippen molar-refractivity contribution in [2.75, 3.05) is 26.4 Å². The van der Waals surface area contributed by atoms with Crippen molar-refractivity contribution in [1.29, 1.82) is 0 Å². The number of esters is 4. The van der Waals surface area contributed by atoms with Crippen molar-refractivity contribution < 1.29 is 38.1 Å². The molecular weight excluding hydrogens is 535 g/mol. The summed E-state index contributed by atoms with van der Waals surface area (Å²) in [5, 5.41) is 1.38. The van der Waals surface area contributed by atoms with Gasteiger partial charge in [0.1, 0.15) is 12.0 Å². The number of aryl methyl sites for hydroxylation is 1. The monoisotopic (exact) mass is 568 g/mol. The van der Waals surface area contributed by atoms with Crippen molar-refractivity contribution in [2.45, 2.75) is 41.0 Å². The normalized spacial score (nSPS) is 9.34. The molecule has 0 aliphatic rings. The van der Waals surface area contributed by atoms with E-state index >= 15 is 0 Å². The lowest BCUT2D eigenvalue weighted by atomic mass is 10.1. The summed E-state index contributed by atoms with van der Waals surface area (Å²) in [7, 11) is 0. The Bertz CT molecular complexity index is 975. The van der Waals surface area contributed by atoms with E-state index in [1.807, 2.05) is 31.2 Å². The van der Waals surface area contributed by atoms with Crippen LogP contribution in [0.15, 0.2) is 54.1 Å². The highest BCUT2D eigenvalue weighted by molar-refractivity contribution is 6.30. The van der Waals surface area contributed by atoms with Gasteiger partial charge in [-0.2, -0.15) is 0 Å². The number of hydrogen-bond donors (Lipinski definition) is 0. The Balaban J connectivity index is 0.000000606. The molecule has 8 nitrogen and oxygen atoms in total. The van der Waals surface area contributed by atoms with Gasteiger partial charge >= 0.3 is 23.9 Å². The van der Waals surface area contributed by atoms with Gasteiger partial charge in [-0.1, -0.05) is 53.0 Å². The van der Waals surface area contributed by atoms with Gasteiger partial charge in [-0.15, -0.1) is 0 Å². The maximum atomic E-state index is 11.7. The highest BCUT2D eigenvalue weighted by Gasteiger charge is 2.20. The lowest BCUT2D eigenvalue weighted by molar-refractivity contribution is -0.154. The highest BCUT2D eigenvalue weighted by Crippen LogP contribution is 2.14. The first-order valence-electron chi connectivity index (χ1n) is 11.9. The molecule has 0 saturated heterocycles. The molecule has 10 heteroatoms. The molecule has 0 spiro atoms. The summed E-state index contributed by atoms with van der Waals surface area (Å²) < 4.78 is 18.7. The van der Waals surface area contributed by atoms with Crippen molar-refractivity contribution >= 4 is 53.2 Å². The molecule has 0 aliphatic heterocycles. The van der Waals surface area contributed by atoms with E-state index in [0.717, 1.165) is 5.02 Å². The van der Waals surface area contributed by atoms with Gasteiger partial charge < -0.3 is 18.9 Å². The van der Waals surface area contributed by atoms with E-state index in [2.05, 4.69) is 9.47 Å². The molecule has 0 N–H and O–H groups in total. The number of ether oxygens (including phenoxy) is 4. The Hall–Kier alpha value is -3.36. The number of carbonyl (C=O) groups excluding carboxylic acids is 4. The van der Waals surface area contributed by atoms with Crippen LogP contribution in [0, 0.1) is 6.92 Å². The third-order valence-corrected chi connectivity index (χ3v) is 4.59. The summed E-state index contributed by atoms with van der Waals surface area (Å²) in [5.74, 6) is -2.47. The predicted octanol–water partition coefficient (Wildman–Crippen LogP) is 6.00. The van der Waals surface area contributed by atoms with Gasteiger partial charge in [0.25, 0.3) is 0 Å². The summed E-state index contributed by atoms with van der Waals surface area (Å²) >= 11 is 11.4. The third kappa shape index (κ3) is 16.4. The largest absolute Gasteiger partial charge is 0.466 e. The zero-order valence-corrected chi connectivity index (χ0v) is 23.8. The first-order chi connectivity index (χ1) is 18.1. The first kappa shape index (κ1) is 34.6.